The molecule has 1 saturated heterocycles. The number of hydrogen-bond donors (Lipinski definition) is 1. The summed E-state index contributed by atoms with van der Waals surface area (Å²) in [7, 11) is 3.33. The molecule has 6 nitrogen and oxygen atoms in total. The maximum atomic E-state index is 5.35. The van der Waals surface area contributed by atoms with Gasteiger partial charge in [0, 0.05) is 43.0 Å². The molecular weight excluding hydrogens is 336 g/mol. The zero-order chi connectivity index (χ0) is 17.6. The average molecular weight is 360 g/mol. The van der Waals surface area contributed by atoms with Crippen molar-refractivity contribution in [2.75, 3.05) is 43.8 Å². The van der Waals surface area contributed by atoms with E-state index in [0.717, 1.165) is 54.0 Å². The van der Waals surface area contributed by atoms with E-state index in [2.05, 4.69) is 26.5 Å². The van der Waals surface area contributed by atoms with Crippen molar-refractivity contribution in [3.63, 3.8) is 0 Å². The van der Waals surface area contributed by atoms with Crippen LogP contribution in [0.1, 0.15) is 12.8 Å². The molecule has 1 N–H and O–H groups in total. The number of nitrogens with zero attached hydrogens (tertiary/aromatic N) is 3. The Balaban J connectivity index is 1.69. The number of nitrogens with one attached hydrogen (secondary N) is 1. The van der Waals surface area contributed by atoms with Gasteiger partial charge >= 0.3 is 0 Å². The maximum Gasteiger partial charge on any atom is 0.151 e. The molecule has 3 rings (SSSR count). The smallest absolute Gasteiger partial charge is 0.151 e. The second-order valence-corrected chi connectivity index (χ2v) is 6.79. The van der Waals surface area contributed by atoms with Crippen molar-refractivity contribution in [3.8, 4) is 11.5 Å². The van der Waals surface area contributed by atoms with Gasteiger partial charge in [0.15, 0.2) is 5.82 Å². The lowest BCUT2D eigenvalue weighted by Crippen LogP contribution is -2.42. The second kappa shape index (κ2) is 8.29. The summed E-state index contributed by atoms with van der Waals surface area (Å²) in [6.45, 7) is 1.90. The zero-order valence-electron chi connectivity index (χ0n) is 14.9. The van der Waals surface area contributed by atoms with Gasteiger partial charge in [-0.15, -0.1) is 22.0 Å². The van der Waals surface area contributed by atoms with E-state index in [-0.39, 0.29) is 0 Å². The molecule has 1 aliphatic heterocycles. The van der Waals surface area contributed by atoms with E-state index in [9.17, 15) is 0 Å². The third-order valence-corrected chi connectivity index (χ3v) is 4.94. The molecule has 0 radical (unpaired) electrons. The molecule has 1 atom stereocenters. The number of hydrogen-bond acceptors (Lipinski definition) is 7. The zero-order valence-corrected chi connectivity index (χ0v) is 15.7. The minimum atomic E-state index is 0.340. The second-order valence-electron chi connectivity index (χ2n) is 5.96. The number of methoxy groups -OCH3 is 2. The number of benzene rings is 1. The highest BCUT2D eigenvalue weighted by molar-refractivity contribution is 7.98. The quantitative estimate of drug-likeness (QED) is 0.793. The first-order chi connectivity index (χ1) is 12.2. The summed E-state index contributed by atoms with van der Waals surface area (Å²) in [5, 5.41) is 13.1. The monoisotopic (exact) mass is 360 g/mol. The Kier molecular flexibility index (Phi) is 5.86. The van der Waals surface area contributed by atoms with Crippen LogP contribution < -0.4 is 19.7 Å². The summed E-state index contributed by atoms with van der Waals surface area (Å²) >= 11 is 1.61. The Labute approximate surface area is 152 Å². The van der Waals surface area contributed by atoms with E-state index < -0.39 is 0 Å². The molecule has 0 bridgehead atoms. The molecule has 1 aromatic heterocycles. The standard InChI is InChI=1S/C18H24N4O2S/c1-23-15-9-14(10-16(11-15)24-2)19-13-5-4-8-22(12-13)17-6-7-18(25-3)21-20-17/h6-7,9-11,13,19H,4-5,8,12H2,1-3H3. The van der Waals surface area contributed by atoms with E-state index in [4.69, 9.17) is 9.47 Å². The maximum absolute atomic E-state index is 5.35. The van der Waals surface area contributed by atoms with Gasteiger partial charge < -0.3 is 19.7 Å². The first-order valence-corrected chi connectivity index (χ1v) is 9.56. The fraction of sp³-hybridized carbons (Fsp3) is 0.444. The van der Waals surface area contributed by atoms with Crippen LogP contribution in [0, 0.1) is 0 Å². The van der Waals surface area contributed by atoms with Crippen LogP contribution in [0.3, 0.4) is 0 Å². The number of rotatable bonds is 6. The molecule has 0 saturated carbocycles. The summed E-state index contributed by atoms with van der Waals surface area (Å²) in [5.74, 6) is 2.51. The molecule has 7 heteroatoms. The van der Waals surface area contributed by atoms with Gasteiger partial charge in [-0.05, 0) is 31.2 Å². The molecule has 0 aliphatic carbocycles. The summed E-state index contributed by atoms with van der Waals surface area (Å²) in [4.78, 5) is 2.29. The summed E-state index contributed by atoms with van der Waals surface area (Å²) in [6.07, 6.45) is 4.24. The normalized spacial score (nSPS) is 17.2. The van der Waals surface area contributed by atoms with Crippen molar-refractivity contribution in [1.29, 1.82) is 0 Å². The molecule has 0 spiro atoms. The number of piperidine rings is 1. The number of aromatic nitrogens is 2. The van der Waals surface area contributed by atoms with E-state index in [1.54, 1.807) is 26.0 Å². The van der Waals surface area contributed by atoms with Crippen molar-refractivity contribution >= 4 is 23.3 Å². The predicted octanol–water partition coefficient (Wildman–Crippen LogP) is 3.30. The number of anilines is 2. The van der Waals surface area contributed by atoms with Crippen LogP contribution >= 0.6 is 11.8 Å². The van der Waals surface area contributed by atoms with Crippen molar-refractivity contribution in [1.82, 2.24) is 10.2 Å². The third kappa shape index (κ3) is 4.48. The van der Waals surface area contributed by atoms with Crippen LogP contribution in [0.25, 0.3) is 0 Å². The summed E-state index contributed by atoms with van der Waals surface area (Å²) < 4.78 is 10.7. The van der Waals surface area contributed by atoms with E-state index >= 15 is 0 Å². The van der Waals surface area contributed by atoms with Gasteiger partial charge in [-0.1, -0.05) is 0 Å². The molecule has 1 fully saturated rings. The van der Waals surface area contributed by atoms with Crippen molar-refractivity contribution in [2.45, 2.75) is 23.9 Å². The van der Waals surface area contributed by atoms with E-state index in [1.165, 1.54) is 0 Å². The van der Waals surface area contributed by atoms with Gasteiger partial charge in [-0.3, -0.25) is 0 Å². The Morgan fingerprint density at radius 1 is 1.12 bits per heavy atom. The van der Waals surface area contributed by atoms with E-state index in [1.807, 2.05) is 30.5 Å². The highest BCUT2D eigenvalue weighted by atomic mass is 32.2. The van der Waals surface area contributed by atoms with E-state index in [0.29, 0.717) is 6.04 Å². The van der Waals surface area contributed by atoms with Crippen LogP contribution in [0.5, 0.6) is 11.5 Å². The Morgan fingerprint density at radius 2 is 1.88 bits per heavy atom. The molecule has 2 aromatic rings. The molecule has 2 heterocycles. The first kappa shape index (κ1) is 17.7. The van der Waals surface area contributed by atoms with Gasteiger partial charge in [0.2, 0.25) is 0 Å². The molecule has 1 aliphatic rings. The largest absolute Gasteiger partial charge is 0.497 e. The van der Waals surface area contributed by atoms with Crippen LogP contribution in [0.4, 0.5) is 11.5 Å². The van der Waals surface area contributed by atoms with Gasteiger partial charge in [0.25, 0.3) is 0 Å². The predicted molar refractivity (Wildman–Crippen MR) is 102 cm³/mol. The van der Waals surface area contributed by atoms with Crippen molar-refractivity contribution < 1.29 is 9.47 Å². The minimum Gasteiger partial charge on any atom is -0.497 e. The summed E-state index contributed by atoms with van der Waals surface area (Å²) in [6, 6.07) is 10.3. The van der Waals surface area contributed by atoms with Gasteiger partial charge in [-0.2, -0.15) is 0 Å². The van der Waals surface area contributed by atoms with Crippen LogP contribution in [-0.4, -0.2) is 49.8 Å². The fourth-order valence-corrected chi connectivity index (χ4v) is 3.35. The Hall–Kier alpha value is -2.15. The van der Waals surface area contributed by atoms with Crippen molar-refractivity contribution in [3.05, 3.63) is 30.3 Å². The van der Waals surface area contributed by atoms with Crippen LogP contribution in [0.2, 0.25) is 0 Å². The molecule has 1 unspecified atom stereocenters. The van der Waals surface area contributed by atoms with Crippen LogP contribution in [0.15, 0.2) is 35.4 Å². The molecular formula is C18H24N4O2S. The third-order valence-electron chi connectivity index (χ3n) is 4.30. The Morgan fingerprint density at radius 3 is 2.48 bits per heavy atom. The lowest BCUT2D eigenvalue weighted by molar-refractivity contribution is 0.394. The Bertz CT molecular complexity index is 674. The lowest BCUT2D eigenvalue weighted by atomic mass is 10.1. The number of thioether (sulfide) groups is 1. The molecule has 1 aromatic carbocycles. The first-order valence-electron chi connectivity index (χ1n) is 8.34. The van der Waals surface area contributed by atoms with Gasteiger partial charge in [0.05, 0.1) is 14.2 Å². The lowest BCUT2D eigenvalue weighted by Gasteiger charge is -2.34. The summed E-state index contributed by atoms with van der Waals surface area (Å²) in [5.41, 5.74) is 1.01. The topological polar surface area (TPSA) is 59.5 Å². The number of ether oxygens (including phenoxy) is 2. The van der Waals surface area contributed by atoms with Gasteiger partial charge in [-0.25, -0.2) is 0 Å². The molecule has 0 amide bonds. The van der Waals surface area contributed by atoms with Gasteiger partial charge in [0.1, 0.15) is 16.5 Å². The highest BCUT2D eigenvalue weighted by Crippen LogP contribution is 2.28. The SMILES string of the molecule is COc1cc(NC2CCCN(c3ccc(SC)nn3)C2)cc(OC)c1. The molecule has 25 heavy (non-hydrogen) atoms. The van der Waals surface area contributed by atoms with Crippen molar-refractivity contribution in [2.24, 2.45) is 0 Å². The molecule has 134 valence electrons. The average Bonchev–Trinajstić information content (AvgIpc) is 2.68. The minimum absolute atomic E-state index is 0.340. The highest BCUT2D eigenvalue weighted by Gasteiger charge is 2.21. The van der Waals surface area contributed by atoms with Crippen LogP contribution in [-0.2, 0) is 0 Å². The fourth-order valence-electron chi connectivity index (χ4n) is 3.02.